The van der Waals surface area contributed by atoms with E-state index in [-0.39, 0.29) is 6.04 Å². The Bertz CT molecular complexity index is 1110. The van der Waals surface area contributed by atoms with Gasteiger partial charge in [-0.2, -0.15) is 15.0 Å². The second-order valence-corrected chi connectivity index (χ2v) is 7.98. The minimum Gasteiger partial charge on any atom is -0.304 e. The van der Waals surface area contributed by atoms with E-state index in [9.17, 15) is 0 Å². The molecule has 1 heterocycles. The van der Waals surface area contributed by atoms with E-state index in [1.165, 1.54) is 5.56 Å². The SMILES string of the molecule is C[C@@H](NCc1nn(Cc2ccc(Cl)cc2Cl)nc1-c1ccccc1)c1ccccc1. The van der Waals surface area contributed by atoms with Crippen LogP contribution in [0.25, 0.3) is 11.3 Å². The summed E-state index contributed by atoms with van der Waals surface area (Å²) >= 11 is 12.4. The molecular weight excluding hydrogens is 415 g/mol. The predicted molar refractivity (Wildman–Crippen MR) is 123 cm³/mol. The lowest BCUT2D eigenvalue weighted by Gasteiger charge is -2.13. The Morgan fingerprint density at radius 1 is 0.900 bits per heavy atom. The van der Waals surface area contributed by atoms with E-state index in [0.29, 0.717) is 23.1 Å². The molecule has 0 unspecified atom stereocenters. The molecule has 0 bridgehead atoms. The number of aromatic nitrogens is 3. The Balaban J connectivity index is 1.59. The van der Waals surface area contributed by atoms with Crippen LogP contribution < -0.4 is 5.32 Å². The first-order valence-electron chi connectivity index (χ1n) is 9.82. The molecule has 1 atom stereocenters. The summed E-state index contributed by atoms with van der Waals surface area (Å²) in [6, 6.07) is 26.2. The van der Waals surface area contributed by atoms with E-state index in [1.807, 2.05) is 48.5 Å². The van der Waals surface area contributed by atoms with Crippen molar-refractivity contribution in [1.29, 1.82) is 0 Å². The Morgan fingerprint density at radius 3 is 2.30 bits per heavy atom. The molecule has 4 rings (SSSR count). The zero-order valence-corrected chi connectivity index (χ0v) is 18.1. The van der Waals surface area contributed by atoms with Crippen molar-refractivity contribution in [2.75, 3.05) is 0 Å². The fourth-order valence-electron chi connectivity index (χ4n) is 3.30. The molecule has 0 fully saturated rings. The van der Waals surface area contributed by atoms with Gasteiger partial charge in [0.1, 0.15) is 11.4 Å². The smallest absolute Gasteiger partial charge is 0.117 e. The highest BCUT2D eigenvalue weighted by Gasteiger charge is 2.15. The van der Waals surface area contributed by atoms with Crippen molar-refractivity contribution < 1.29 is 0 Å². The molecule has 4 nitrogen and oxygen atoms in total. The Labute approximate surface area is 186 Å². The van der Waals surface area contributed by atoms with Gasteiger partial charge in [-0.3, -0.25) is 0 Å². The number of benzene rings is 3. The highest BCUT2D eigenvalue weighted by atomic mass is 35.5. The minimum absolute atomic E-state index is 0.200. The third kappa shape index (κ3) is 4.90. The summed E-state index contributed by atoms with van der Waals surface area (Å²) in [5, 5.41) is 14.3. The maximum Gasteiger partial charge on any atom is 0.117 e. The van der Waals surface area contributed by atoms with Gasteiger partial charge in [-0.15, -0.1) is 0 Å². The molecule has 0 spiro atoms. The van der Waals surface area contributed by atoms with E-state index < -0.39 is 0 Å². The third-order valence-corrected chi connectivity index (χ3v) is 5.56. The largest absolute Gasteiger partial charge is 0.304 e. The van der Waals surface area contributed by atoms with Crippen LogP contribution in [0.3, 0.4) is 0 Å². The highest BCUT2D eigenvalue weighted by molar-refractivity contribution is 6.35. The van der Waals surface area contributed by atoms with Gasteiger partial charge in [0, 0.05) is 28.2 Å². The molecule has 0 amide bonds. The van der Waals surface area contributed by atoms with E-state index in [1.54, 1.807) is 10.9 Å². The van der Waals surface area contributed by atoms with Gasteiger partial charge in [0.15, 0.2) is 0 Å². The number of nitrogens with zero attached hydrogens (tertiary/aromatic N) is 3. The van der Waals surface area contributed by atoms with Crippen molar-refractivity contribution in [1.82, 2.24) is 20.3 Å². The van der Waals surface area contributed by atoms with Crippen LogP contribution in [0.2, 0.25) is 10.0 Å². The maximum absolute atomic E-state index is 6.35. The number of nitrogens with one attached hydrogen (secondary N) is 1. The van der Waals surface area contributed by atoms with Crippen LogP contribution in [-0.2, 0) is 13.1 Å². The topological polar surface area (TPSA) is 42.7 Å². The summed E-state index contributed by atoms with van der Waals surface area (Å²) in [7, 11) is 0. The van der Waals surface area contributed by atoms with E-state index in [4.69, 9.17) is 33.4 Å². The Kier molecular flexibility index (Phi) is 6.48. The lowest BCUT2D eigenvalue weighted by atomic mass is 10.1. The summed E-state index contributed by atoms with van der Waals surface area (Å²) in [4.78, 5) is 1.70. The Hall–Kier alpha value is -2.66. The summed E-state index contributed by atoms with van der Waals surface area (Å²) < 4.78 is 0. The first-order valence-corrected chi connectivity index (χ1v) is 10.6. The fraction of sp³-hybridized carbons (Fsp3) is 0.167. The van der Waals surface area contributed by atoms with Gasteiger partial charge in [-0.1, -0.05) is 89.9 Å². The van der Waals surface area contributed by atoms with E-state index in [0.717, 1.165) is 22.5 Å². The first kappa shape index (κ1) is 20.6. The number of hydrogen-bond acceptors (Lipinski definition) is 3. The van der Waals surface area contributed by atoms with Crippen molar-refractivity contribution in [3.8, 4) is 11.3 Å². The van der Waals surface area contributed by atoms with Crippen LogP contribution >= 0.6 is 23.2 Å². The molecule has 0 aliphatic heterocycles. The monoisotopic (exact) mass is 436 g/mol. The molecule has 0 saturated heterocycles. The molecule has 4 aromatic rings. The average Bonchev–Trinajstić information content (AvgIpc) is 3.18. The quantitative estimate of drug-likeness (QED) is 0.377. The van der Waals surface area contributed by atoms with Gasteiger partial charge in [0.25, 0.3) is 0 Å². The molecule has 152 valence electrons. The third-order valence-electron chi connectivity index (χ3n) is 4.97. The molecule has 0 aliphatic rings. The van der Waals surface area contributed by atoms with Crippen LogP contribution in [0.5, 0.6) is 0 Å². The van der Waals surface area contributed by atoms with Gasteiger partial charge in [0.2, 0.25) is 0 Å². The molecular formula is C24H22Cl2N4. The number of halogens is 2. The van der Waals surface area contributed by atoms with Gasteiger partial charge < -0.3 is 5.32 Å². The van der Waals surface area contributed by atoms with Gasteiger partial charge >= 0.3 is 0 Å². The van der Waals surface area contributed by atoms with Crippen LogP contribution in [0.4, 0.5) is 0 Å². The van der Waals surface area contributed by atoms with Crippen LogP contribution in [0.1, 0.15) is 29.8 Å². The van der Waals surface area contributed by atoms with Crippen LogP contribution in [0.15, 0.2) is 78.9 Å². The van der Waals surface area contributed by atoms with Gasteiger partial charge in [-0.25, -0.2) is 0 Å². The fourth-order valence-corrected chi connectivity index (χ4v) is 3.77. The van der Waals surface area contributed by atoms with Crippen LogP contribution in [0, 0.1) is 0 Å². The van der Waals surface area contributed by atoms with Gasteiger partial charge in [-0.05, 0) is 30.2 Å². The van der Waals surface area contributed by atoms with Gasteiger partial charge in [0.05, 0.1) is 6.54 Å². The summed E-state index contributed by atoms with van der Waals surface area (Å²) in [6.07, 6.45) is 0. The Morgan fingerprint density at radius 2 is 1.60 bits per heavy atom. The molecule has 30 heavy (non-hydrogen) atoms. The van der Waals surface area contributed by atoms with Crippen LogP contribution in [-0.4, -0.2) is 15.0 Å². The second-order valence-electron chi connectivity index (χ2n) is 7.14. The highest BCUT2D eigenvalue weighted by Crippen LogP contribution is 2.24. The van der Waals surface area contributed by atoms with E-state index in [2.05, 4.69) is 36.5 Å². The van der Waals surface area contributed by atoms with E-state index >= 15 is 0 Å². The van der Waals surface area contributed by atoms with Crippen molar-refractivity contribution in [2.45, 2.75) is 26.1 Å². The summed E-state index contributed by atoms with van der Waals surface area (Å²) in [5.41, 5.74) is 4.96. The molecule has 3 aromatic carbocycles. The standard InChI is InChI=1S/C24H22Cl2N4/c1-17(18-8-4-2-5-9-18)27-15-23-24(19-10-6-3-7-11-19)29-30(28-23)16-20-12-13-21(25)14-22(20)26/h2-14,17,27H,15-16H2,1H3/t17-/m1/s1. The first-order chi connectivity index (χ1) is 14.6. The molecule has 6 heteroatoms. The van der Waals surface area contributed by atoms with Crippen molar-refractivity contribution in [2.24, 2.45) is 0 Å². The molecule has 1 N–H and O–H groups in total. The molecule has 0 saturated carbocycles. The normalized spacial score (nSPS) is 12.1. The zero-order chi connectivity index (χ0) is 20.9. The second kappa shape index (κ2) is 9.43. The summed E-state index contributed by atoms with van der Waals surface area (Å²) in [6.45, 7) is 3.23. The van der Waals surface area contributed by atoms with Crippen molar-refractivity contribution in [3.05, 3.63) is 106 Å². The predicted octanol–water partition coefficient (Wildman–Crippen LogP) is 6.15. The summed E-state index contributed by atoms with van der Waals surface area (Å²) in [5.74, 6) is 0. The molecule has 0 aliphatic carbocycles. The molecule has 0 radical (unpaired) electrons. The number of rotatable bonds is 7. The molecule has 1 aromatic heterocycles. The minimum atomic E-state index is 0.200. The average molecular weight is 437 g/mol. The van der Waals surface area contributed by atoms with Crippen molar-refractivity contribution in [3.63, 3.8) is 0 Å². The maximum atomic E-state index is 6.35. The lowest BCUT2D eigenvalue weighted by Crippen LogP contribution is -2.19. The zero-order valence-electron chi connectivity index (χ0n) is 16.6. The lowest BCUT2D eigenvalue weighted by molar-refractivity contribution is 0.547. The number of hydrogen-bond donors (Lipinski definition) is 1. The van der Waals surface area contributed by atoms with Crippen molar-refractivity contribution >= 4 is 23.2 Å².